The van der Waals surface area contributed by atoms with Crippen LogP contribution in [0.4, 0.5) is 0 Å². The Bertz CT molecular complexity index is 583. The van der Waals surface area contributed by atoms with Gasteiger partial charge in [0.15, 0.2) is 9.84 Å². The van der Waals surface area contributed by atoms with Crippen LogP contribution in [-0.4, -0.2) is 43.8 Å². The summed E-state index contributed by atoms with van der Waals surface area (Å²) in [6.45, 7) is 0.702. The fourth-order valence-corrected chi connectivity index (χ4v) is 4.13. The first-order chi connectivity index (χ1) is 8.87. The molecule has 0 radical (unpaired) electrons. The second-order valence-corrected chi connectivity index (χ2v) is 8.11. The third-order valence-corrected chi connectivity index (χ3v) is 5.34. The lowest BCUT2D eigenvalue weighted by Gasteiger charge is -2.20. The van der Waals surface area contributed by atoms with Gasteiger partial charge >= 0.3 is 0 Å². The number of halogens is 2. The average molecular weight is 367 g/mol. The number of rotatable bonds is 1. The molecule has 0 saturated carbocycles. The van der Waals surface area contributed by atoms with Gasteiger partial charge in [0.25, 0.3) is 5.91 Å². The molecule has 0 aromatic heterocycles. The van der Waals surface area contributed by atoms with Gasteiger partial charge in [0.05, 0.1) is 11.5 Å². The summed E-state index contributed by atoms with van der Waals surface area (Å²) in [4.78, 5) is 13.9. The number of sulfone groups is 1. The molecular weight excluding hydrogens is 354 g/mol. The Morgan fingerprint density at radius 1 is 1.21 bits per heavy atom. The molecule has 1 saturated heterocycles. The molecule has 7 heteroatoms. The fourth-order valence-electron chi connectivity index (χ4n) is 2.00. The molecule has 0 atom stereocenters. The van der Waals surface area contributed by atoms with Crippen LogP contribution in [0.1, 0.15) is 16.8 Å². The molecule has 19 heavy (non-hydrogen) atoms. The molecule has 1 fully saturated rings. The number of hydrogen-bond donors (Lipinski definition) is 0. The Morgan fingerprint density at radius 2 is 1.95 bits per heavy atom. The number of carbonyl (C=O) groups is 1. The average Bonchev–Trinajstić information content (AvgIpc) is 2.48. The van der Waals surface area contributed by atoms with Gasteiger partial charge in [0.1, 0.15) is 0 Å². The summed E-state index contributed by atoms with van der Waals surface area (Å²) in [6.07, 6.45) is 0.482. The Kier molecular flexibility index (Phi) is 4.53. The number of benzene rings is 1. The fraction of sp³-hybridized carbons (Fsp3) is 0.417. The summed E-state index contributed by atoms with van der Waals surface area (Å²) in [5.41, 5.74) is 0.471. The van der Waals surface area contributed by atoms with E-state index in [-0.39, 0.29) is 24.0 Å². The van der Waals surface area contributed by atoms with Crippen LogP contribution in [0.15, 0.2) is 22.7 Å². The Balaban J connectivity index is 2.19. The summed E-state index contributed by atoms with van der Waals surface area (Å²) in [6, 6.07) is 4.98. The lowest BCUT2D eigenvalue weighted by molar-refractivity contribution is 0.0768. The summed E-state index contributed by atoms with van der Waals surface area (Å²) >= 11 is 9.20. The van der Waals surface area contributed by atoms with Gasteiger partial charge < -0.3 is 4.90 Å². The number of hydrogen-bond acceptors (Lipinski definition) is 3. The van der Waals surface area contributed by atoms with Crippen molar-refractivity contribution in [3.63, 3.8) is 0 Å². The van der Waals surface area contributed by atoms with E-state index in [4.69, 9.17) is 11.6 Å². The van der Waals surface area contributed by atoms with Crippen molar-refractivity contribution in [3.8, 4) is 0 Å². The molecule has 1 heterocycles. The van der Waals surface area contributed by atoms with Crippen LogP contribution < -0.4 is 0 Å². The highest BCUT2D eigenvalue weighted by molar-refractivity contribution is 9.10. The van der Waals surface area contributed by atoms with Gasteiger partial charge in [-0.2, -0.15) is 0 Å². The summed E-state index contributed by atoms with van der Waals surface area (Å²) in [7, 11) is -3.01. The molecule has 104 valence electrons. The normalized spacial score (nSPS) is 18.9. The predicted molar refractivity (Wildman–Crippen MR) is 78.3 cm³/mol. The highest BCUT2D eigenvalue weighted by Gasteiger charge is 2.23. The summed E-state index contributed by atoms with van der Waals surface area (Å²) in [5, 5.41) is 0.472. The standard InChI is InChI=1S/C12H13BrClNO3S/c13-10-6-9(7-11(14)8-10)12(16)15-2-1-4-19(17,18)5-3-15/h6-8H,1-5H2. The Morgan fingerprint density at radius 3 is 2.63 bits per heavy atom. The minimum atomic E-state index is -3.01. The summed E-state index contributed by atoms with van der Waals surface area (Å²) < 4.78 is 23.8. The third-order valence-electron chi connectivity index (χ3n) is 2.95. The largest absolute Gasteiger partial charge is 0.338 e. The molecule has 2 rings (SSSR count). The molecule has 1 aliphatic rings. The van der Waals surface area contributed by atoms with E-state index < -0.39 is 9.84 Å². The maximum Gasteiger partial charge on any atom is 0.253 e. The molecule has 1 aromatic rings. The van der Waals surface area contributed by atoms with Crippen molar-refractivity contribution in [3.05, 3.63) is 33.3 Å². The SMILES string of the molecule is O=C(c1cc(Cl)cc(Br)c1)N1CCCS(=O)(=O)CC1. The molecule has 0 bridgehead atoms. The zero-order chi connectivity index (χ0) is 14.0. The lowest BCUT2D eigenvalue weighted by Crippen LogP contribution is -2.33. The van der Waals surface area contributed by atoms with E-state index in [1.165, 1.54) is 0 Å². The van der Waals surface area contributed by atoms with Gasteiger partial charge in [-0.05, 0) is 24.6 Å². The first-order valence-electron chi connectivity index (χ1n) is 5.83. The number of carbonyl (C=O) groups excluding carboxylic acids is 1. The van der Waals surface area contributed by atoms with Crippen LogP contribution in [0.25, 0.3) is 0 Å². The highest BCUT2D eigenvalue weighted by Crippen LogP contribution is 2.21. The van der Waals surface area contributed by atoms with Gasteiger partial charge in [-0.1, -0.05) is 27.5 Å². The van der Waals surface area contributed by atoms with Crippen molar-refractivity contribution in [1.82, 2.24) is 4.90 Å². The van der Waals surface area contributed by atoms with Gasteiger partial charge in [0, 0.05) is 28.1 Å². The van der Waals surface area contributed by atoms with E-state index in [0.717, 1.165) is 4.47 Å². The van der Waals surface area contributed by atoms with Crippen molar-refractivity contribution in [1.29, 1.82) is 0 Å². The molecule has 1 amide bonds. The van der Waals surface area contributed by atoms with Crippen molar-refractivity contribution >= 4 is 43.3 Å². The van der Waals surface area contributed by atoms with Crippen molar-refractivity contribution < 1.29 is 13.2 Å². The van der Waals surface area contributed by atoms with Crippen molar-refractivity contribution in [2.75, 3.05) is 24.6 Å². The van der Waals surface area contributed by atoms with E-state index in [0.29, 0.717) is 23.6 Å². The van der Waals surface area contributed by atoms with Crippen LogP contribution in [0, 0.1) is 0 Å². The van der Waals surface area contributed by atoms with Crippen molar-refractivity contribution in [2.24, 2.45) is 0 Å². The summed E-state index contributed by atoms with van der Waals surface area (Å²) in [5.74, 6) is -0.00320. The Labute approximate surface area is 125 Å². The monoisotopic (exact) mass is 365 g/mol. The molecule has 0 N–H and O–H groups in total. The van der Waals surface area contributed by atoms with Crippen molar-refractivity contribution in [2.45, 2.75) is 6.42 Å². The number of amides is 1. The van der Waals surface area contributed by atoms with E-state index in [2.05, 4.69) is 15.9 Å². The lowest BCUT2D eigenvalue weighted by atomic mass is 10.2. The molecule has 1 aromatic carbocycles. The smallest absolute Gasteiger partial charge is 0.253 e. The first-order valence-corrected chi connectivity index (χ1v) is 8.82. The third kappa shape index (κ3) is 3.94. The highest BCUT2D eigenvalue weighted by atomic mass is 79.9. The van der Waals surface area contributed by atoms with Gasteiger partial charge in [-0.15, -0.1) is 0 Å². The molecule has 0 aliphatic carbocycles. The van der Waals surface area contributed by atoms with Crippen LogP contribution in [0.3, 0.4) is 0 Å². The minimum absolute atomic E-state index is 0.0282. The molecule has 1 aliphatic heterocycles. The van der Waals surface area contributed by atoms with Gasteiger partial charge in [0.2, 0.25) is 0 Å². The first kappa shape index (κ1) is 14.8. The quantitative estimate of drug-likeness (QED) is 0.767. The van der Waals surface area contributed by atoms with Crippen LogP contribution in [-0.2, 0) is 9.84 Å². The maximum absolute atomic E-state index is 12.3. The second kappa shape index (κ2) is 5.81. The predicted octanol–water partition coefficient (Wildman–Crippen LogP) is 2.36. The molecule has 0 unspecified atom stereocenters. The van der Waals surface area contributed by atoms with E-state index in [1.807, 2.05) is 0 Å². The molecule has 0 spiro atoms. The topological polar surface area (TPSA) is 54.5 Å². The number of nitrogens with zero attached hydrogens (tertiary/aromatic N) is 1. The zero-order valence-corrected chi connectivity index (χ0v) is 13.3. The van der Waals surface area contributed by atoms with Crippen LogP contribution in [0.2, 0.25) is 5.02 Å². The molecular formula is C12H13BrClNO3S. The van der Waals surface area contributed by atoms with E-state index >= 15 is 0 Å². The van der Waals surface area contributed by atoms with Crippen LogP contribution in [0.5, 0.6) is 0 Å². The Hall–Kier alpha value is -0.590. The van der Waals surface area contributed by atoms with Gasteiger partial charge in [-0.25, -0.2) is 8.42 Å². The minimum Gasteiger partial charge on any atom is -0.338 e. The van der Waals surface area contributed by atoms with E-state index in [9.17, 15) is 13.2 Å². The second-order valence-electron chi connectivity index (χ2n) is 4.46. The van der Waals surface area contributed by atoms with Gasteiger partial charge in [-0.3, -0.25) is 4.79 Å². The van der Waals surface area contributed by atoms with Crippen LogP contribution >= 0.6 is 27.5 Å². The maximum atomic E-state index is 12.3. The molecule has 4 nitrogen and oxygen atoms in total. The van der Waals surface area contributed by atoms with E-state index in [1.54, 1.807) is 23.1 Å². The zero-order valence-electron chi connectivity index (χ0n) is 10.1.